The molecule has 1 saturated heterocycles. The van der Waals surface area contributed by atoms with E-state index in [1.54, 1.807) is 30.3 Å². The van der Waals surface area contributed by atoms with Crippen molar-refractivity contribution in [1.29, 1.82) is 0 Å². The van der Waals surface area contributed by atoms with E-state index in [0.29, 0.717) is 27.9 Å². The minimum absolute atomic E-state index is 0.118. The Balaban J connectivity index is 1.57. The minimum Gasteiger partial charge on any atom is -0.454 e. The lowest BCUT2D eigenvalue weighted by molar-refractivity contribution is -0.132. The number of barbiturate groups is 1. The highest BCUT2D eigenvalue weighted by atomic mass is 35.5. The van der Waals surface area contributed by atoms with Crippen molar-refractivity contribution < 1.29 is 23.9 Å². The number of ether oxygens (including phenoxy) is 2. The zero-order chi connectivity index (χ0) is 19.8. The highest BCUT2D eigenvalue weighted by molar-refractivity contribution is 6.31. The lowest BCUT2D eigenvalue weighted by Gasteiger charge is -2.31. The van der Waals surface area contributed by atoms with Gasteiger partial charge in [-0.25, -0.2) is 9.69 Å². The van der Waals surface area contributed by atoms with E-state index in [9.17, 15) is 14.4 Å². The molecule has 2 aliphatic heterocycles. The smallest absolute Gasteiger partial charge is 0.335 e. The summed E-state index contributed by atoms with van der Waals surface area (Å²) in [4.78, 5) is 38.3. The number of hydrogen-bond donors (Lipinski definition) is 2. The van der Waals surface area contributed by atoms with Crippen LogP contribution in [-0.2, 0) is 9.59 Å². The number of hydrogen-bond acceptors (Lipinski definition) is 6. The first-order chi connectivity index (χ1) is 13.4. The molecule has 8 nitrogen and oxygen atoms in total. The van der Waals surface area contributed by atoms with Crippen molar-refractivity contribution >= 4 is 40.8 Å². The van der Waals surface area contributed by atoms with Gasteiger partial charge < -0.3 is 14.8 Å². The topological polar surface area (TPSA) is 97.0 Å². The first-order valence-corrected chi connectivity index (χ1v) is 8.61. The van der Waals surface area contributed by atoms with Gasteiger partial charge in [0.25, 0.3) is 5.91 Å². The van der Waals surface area contributed by atoms with E-state index in [0.717, 1.165) is 4.90 Å². The molecular formula is C19H14ClN3O5. The molecule has 2 N–H and O–H groups in total. The van der Waals surface area contributed by atoms with Gasteiger partial charge in [-0.15, -0.1) is 0 Å². The molecule has 2 aromatic carbocycles. The van der Waals surface area contributed by atoms with Gasteiger partial charge in [0.2, 0.25) is 12.7 Å². The van der Waals surface area contributed by atoms with Crippen molar-refractivity contribution in [3.8, 4) is 11.5 Å². The molecule has 2 heterocycles. The highest BCUT2D eigenvalue weighted by Gasteiger charge is 2.43. The molecule has 4 amide bonds. The molecule has 1 fully saturated rings. The van der Waals surface area contributed by atoms with Gasteiger partial charge >= 0.3 is 6.03 Å². The van der Waals surface area contributed by atoms with E-state index in [1.165, 1.54) is 12.1 Å². The molecule has 0 aliphatic carbocycles. The SMILES string of the molecule is C=C(Nc1ccc2c(c1)OCO2)C1C(=O)NC(=O)N(c2ccc(Cl)cc2)C1=O. The second kappa shape index (κ2) is 6.90. The van der Waals surface area contributed by atoms with Crippen LogP contribution in [0.5, 0.6) is 11.5 Å². The number of rotatable bonds is 4. The molecule has 9 heteroatoms. The van der Waals surface area contributed by atoms with Gasteiger partial charge in [-0.2, -0.15) is 0 Å². The summed E-state index contributed by atoms with van der Waals surface area (Å²) >= 11 is 5.85. The number of amides is 4. The third-order valence-electron chi connectivity index (χ3n) is 4.27. The van der Waals surface area contributed by atoms with Crippen molar-refractivity contribution in [3.63, 3.8) is 0 Å². The van der Waals surface area contributed by atoms with Crippen molar-refractivity contribution in [2.24, 2.45) is 5.92 Å². The predicted molar refractivity (Wildman–Crippen MR) is 101 cm³/mol. The van der Waals surface area contributed by atoms with Crippen LogP contribution in [0.15, 0.2) is 54.7 Å². The molecule has 4 rings (SSSR count). The van der Waals surface area contributed by atoms with Crippen LogP contribution in [0.3, 0.4) is 0 Å². The maximum absolute atomic E-state index is 12.9. The zero-order valence-electron chi connectivity index (χ0n) is 14.4. The molecule has 28 heavy (non-hydrogen) atoms. The normalized spacial score (nSPS) is 18.1. The van der Waals surface area contributed by atoms with Crippen LogP contribution in [-0.4, -0.2) is 24.6 Å². The van der Waals surface area contributed by atoms with E-state index < -0.39 is 23.8 Å². The number of anilines is 2. The van der Waals surface area contributed by atoms with Gasteiger partial charge in [0.05, 0.1) is 5.69 Å². The van der Waals surface area contributed by atoms with Crippen LogP contribution in [0.25, 0.3) is 0 Å². The molecule has 1 atom stereocenters. The zero-order valence-corrected chi connectivity index (χ0v) is 15.2. The number of nitrogens with zero attached hydrogens (tertiary/aromatic N) is 1. The number of urea groups is 1. The van der Waals surface area contributed by atoms with Crippen LogP contribution in [0.1, 0.15) is 0 Å². The monoisotopic (exact) mass is 399 g/mol. The summed E-state index contributed by atoms with van der Waals surface area (Å²) in [6, 6.07) is 10.4. The maximum Gasteiger partial charge on any atom is 0.335 e. The Bertz CT molecular complexity index is 1010. The summed E-state index contributed by atoms with van der Waals surface area (Å²) in [7, 11) is 0. The van der Waals surface area contributed by atoms with Gasteiger partial charge in [-0.1, -0.05) is 18.2 Å². The molecule has 1 unspecified atom stereocenters. The number of carbonyl (C=O) groups excluding carboxylic acids is 3. The van der Waals surface area contributed by atoms with E-state index in [-0.39, 0.29) is 12.5 Å². The lowest BCUT2D eigenvalue weighted by Crippen LogP contribution is -2.59. The van der Waals surface area contributed by atoms with E-state index in [4.69, 9.17) is 21.1 Å². The quantitative estimate of drug-likeness (QED) is 0.767. The second-order valence-electron chi connectivity index (χ2n) is 6.10. The van der Waals surface area contributed by atoms with Crippen LogP contribution < -0.4 is 25.0 Å². The number of nitrogens with one attached hydrogen (secondary N) is 2. The Morgan fingerprint density at radius 3 is 2.57 bits per heavy atom. The highest BCUT2D eigenvalue weighted by Crippen LogP contribution is 2.35. The Kier molecular flexibility index (Phi) is 4.40. The molecule has 0 spiro atoms. The fourth-order valence-corrected chi connectivity index (χ4v) is 3.07. The van der Waals surface area contributed by atoms with Gasteiger partial charge in [-0.05, 0) is 36.4 Å². The van der Waals surface area contributed by atoms with E-state index >= 15 is 0 Å². The summed E-state index contributed by atoms with van der Waals surface area (Å²) in [5.41, 5.74) is 0.970. The molecule has 0 saturated carbocycles. The van der Waals surface area contributed by atoms with Crippen LogP contribution >= 0.6 is 11.6 Å². The maximum atomic E-state index is 12.9. The third kappa shape index (κ3) is 3.14. The summed E-state index contributed by atoms with van der Waals surface area (Å²) in [5.74, 6) is -1.62. The minimum atomic E-state index is -1.29. The average Bonchev–Trinajstić information content (AvgIpc) is 3.10. The second-order valence-corrected chi connectivity index (χ2v) is 6.53. The standard InChI is InChI=1S/C19H14ClN3O5/c1-10(21-12-4-7-14-15(8-12)28-9-27-14)16-17(24)22-19(26)23(18(16)25)13-5-2-11(20)3-6-13/h2-8,16,21H,1,9H2,(H,22,24,26). The van der Waals surface area contributed by atoms with E-state index in [1.807, 2.05) is 0 Å². The summed E-state index contributed by atoms with van der Waals surface area (Å²) < 4.78 is 10.6. The molecule has 0 aromatic heterocycles. The Morgan fingerprint density at radius 2 is 1.82 bits per heavy atom. The molecule has 142 valence electrons. The molecule has 0 radical (unpaired) electrons. The van der Waals surface area contributed by atoms with E-state index in [2.05, 4.69) is 17.2 Å². The van der Waals surface area contributed by atoms with Gasteiger partial charge in [0.15, 0.2) is 17.4 Å². The van der Waals surface area contributed by atoms with Crippen molar-refractivity contribution in [3.05, 3.63) is 59.8 Å². The first-order valence-electron chi connectivity index (χ1n) is 8.24. The van der Waals surface area contributed by atoms with Crippen LogP contribution in [0.4, 0.5) is 16.2 Å². The number of fused-ring (bicyclic) bond motifs is 1. The first kappa shape index (κ1) is 17.9. The summed E-state index contributed by atoms with van der Waals surface area (Å²) in [6.45, 7) is 3.94. The van der Waals surface area contributed by atoms with Crippen LogP contribution in [0.2, 0.25) is 5.02 Å². The molecule has 2 aromatic rings. The molecule has 2 aliphatic rings. The van der Waals surface area contributed by atoms with Gasteiger partial charge in [-0.3, -0.25) is 14.9 Å². The van der Waals surface area contributed by atoms with Crippen LogP contribution in [0, 0.1) is 5.92 Å². The lowest BCUT2D eigenvalue weighted by atomic mass is 10.0. The Labute approximate surface area is 164 Å². The fourth-order valence-electron chi connectivity index (χ4n) is 2.95. The largest absolute Gasteiger partial charge is 0.454 e. The molecular weight excluding hydrogens is 386 g/mol. The predicted octanol–water partition coefficient (Wildman–Crippen LogP) is 2.89. The van der Waals surface area contributed by atoms with Gasteiger partial charge in [0, 0.05) is 22.5 Å². The fraction of sp³-hybridized carbons (Fsp3) is 0.105. The number of carbonyl (C=O) groups is 3. The van der Waals surface area contributed by atoms with Crippen molar-refractivity contribution in [1.82, 2.24) is 5.32 Å². The number of halogens is 1. The molecule has 0 bridgehead atoms. The van der Waals surface area contributed by atoms with Crippen molar-refractivity contribution in [2.45, 2.75) is 0 Å². The Hall–Kier alpha value is -3.52. The third-order valence-corrected chi connectivity index (χ3v) is 4.53. The number of imide groups is 2. The summed E-state index contributed by atoms with van der Waals surface area (Å²) in [6.07, 6.45) is 0. The van der Waals surface area contributed by atoms with Crippen molar-refractivity contribution in [2.75, 3.05) is 17.0 Å². The average molecular weight is 400 g/mol. The Morgan fingerprint density at radius 1 is 1.11 bits per heavy atom. The summed E-state index contributed by atoms with van der Waals surface area (Å²) in [5, 5.41) is 5.56. The number of benzene rings is 2. The van der Waals surface area contributed by atoms with Gasteiger partial charge in [0.1, 0.15) is 0 Å².